The van der Waals surface area contributed by atoms with Gasteiger partial charge in [0.15, 0.2) is 5.76 Å². The minimum atomic E-state index is -0.421. The Morgan fingerprint density at radius 1 is 0.434 bits per heavy atom. The predicted molar refractivity (Wildman–Crippen MR) is 215 cm³/mol. The van der Waals surface area contributed by atoms with Crippen LogP contribution in [0, 0.1) is 0 Å². The molecule has 1 heterocycles. The van der Waals surface area contributed by atoms with Gasteiger partial charge in [-0.3, -0.25) is 0 Å². The first-order valence-electron chi connectivity index (χ1n) is 18.2. The van der Waals surface area contributed by atoms with Crippen molar-refractivity contribution in [3.05, 3.63) is 204 Å². The standard InChI is InChI=1S/C50H30N2O/c1-3-14-31(15-4-1)49-51-47-39-22-13-21-38-45(29-28-40(46(38)39)48(47)53-49)52(32-16-5-2-6-17-32)33-26-27-37-36-20-9-12-25-43(36)50(44(37)30-33)41-23-10-7-18-34(41)35-19-8-11-24-42(35)50/h1-30H. The number of anilines is 3. The van der Waals surface area contributed by atoms with Gasteiger partial charge in [0, 0.05) is 38.8 Å². The molecule has 0 N–H and O–H groups in total. The van der Waals surface area contributed by atoms with E-state index in [1.165, 1.54) is 49.9 Å². The number of aromatic nitrogens is 1. The Morgan fingerprint density at radius 3 is 1.68 bits per heavy atom. The van der Waals surface area contributed by atoms with E-state index in [1.807, 2.05) is 30.3 Å². The van der Waals surface area contributed by atoms with Gasteiger partial charge in [-0.2, -0.15) is 0 Å². The van der Waals surface area contributed by atoms with Crippen LogP contribution in [0.5, 0.6) is 0 Å². The molecule has 53 heavy (non-hydrogen) atoms. The van der Waals surface area contributed by atoms with Gasteiger partial charge in [-0.25, -0.2) is 4.98 Å². The number of oxazole rings is 1. The van der Waals surface area contributed by atoms with Crippen LogP contribution in [0.3, 0.4) is 0 Å². The van der Waals surface area contributed by atoms with Crippen LogP contribution in [-0.2, 0) is 5.41 Å². The Balaban J connectivity index is 1.09. The lowest BCUT2D eigenvalue weighted by molar-refractivity contribution is 0.590. The molecule has 0 amide bonds. The monoisotopic (exact) mass is 674 g/mol. The molecule has 3 aliphatic carbocycles. The minimum absolute atomic E-state index is 0.421. The van der Waals surface area contributed by atoms with E-state index >= 15 is 0 Å². The van der Waals surface area contributed by atoms with E-state index in [4.69, 9.17) is 9.40 Å². The summed E-state index contributed by atoms with van der Waals surface area (Å²) in [5.41, 5.74) is 17.5. The van der Waals surface area contributed by atoms with Gasteiger partial charge in [0.1, 0.15) is 5.69 Å². The summed E-state index contributed by atoms with van der Waals surface area (Å²) in [6.07, 6.45) is 0. The minimum Gasteiger partial charge on any atom is -0.435 e. The van der Waals surface area contributed by atoms with E-state index in [-0.39, 0.29) is 0 Å². The van der Waals surface area contributed by atoms with E-state index < -0.39 is 5.41 Å². The number of rotatable bonds is 4. The van der Waals surface area contributed by atoms with Crippen molar-refractivity contribution in [1.29, 1.82) is 0 Å². The maximum atomic E-state index is 6.52. The topological polar surface area (TPSA) is 29.3 Å². The Kier molecular flexibility index (Phi) is 5.70. The van der Waals surface area contributed by atoms with E-state index in [9.17, 15) is 0 Å². The Hall–Kier alpha value is -6.97. The lowest BCUT2D eigenvalue weighted by Crippen LogP contribution is -2.26. The molecule has 8 aromatic carbocycles. The predicted octanol–water partition coefficient (Wildman–Crippen LogP) is 13.0. The lowest BCUT2D eigenvalue weighted by Gasteiger charge is -2.32. The zero-order chi connectivity index (χ0) is 34.7. The first kappa shape index (κ1) is 28.7. The third-order valence-corrected chi connectivity index (χ3v) is 11.7. The molecule has 3 heteroatoms. The fourth-order valence-electron chi connectivity index (χ4n) is 9.59. The van der Waals surface area contributed by atoms with Gasteiger partial charge in [-0.1, -0.05) is 133 Å². The normalized spacial score (nSPS) is 13.4. The van der Waals surface area contributed by atoms with Crippen molar-refractivity contribution in [3.63, 3.8) is 0 Å². The SMILES string of the molecule is c1ccc(-c2nc3c(o2)-c2ccc(N(c4ccccc4)c4ccc5c(c4)C4(c6ccccc6-c6ccccc64)c4ccccc4-5)c4cccc-3c24)cc1. The number of hydrogen-bond donors (Lipinski definition) is 0. The van der Waals surface area contributed by atoms with Gasteiger partial charge in [-0.15, -0.1) is 0 Å². The van der Waals surface area contributed by atoms with Crippen molar-refractivity contribution in [2.75, 3.05) is 4.90 Å². The molecule has 9 aromatic rings. The lowest BCUT2D eigenvalue weighted by atomic mass is 9.70. The number of para-hydroxylation sites is 1. The molecule has 246 valence electrons. The molecule has 0 radical (unpaired) electrons. The Morgan fingerprint density at radius 2 is 1.00 bits per heavy atom. The highest BCUT2D eigenvalue weighted by Crippen LogP contribution is 2.63. The maximum Gasteiger partial charge on any atom is 0.227 e. The molecule has 0 fully saturated rings. The Bertz CT molecular complexity index is 2870. The maximum absolute atomic E-state index is 6.52. The number of benzene rings is 8. The van der Waals surface area contributed by atoms with Crippen molar-refractivity contribution in [2.24, 2.45) is 0 Å². The Labute approximate surface area is 307 Å². The average molecular weight is 675 g/mol. The highest BCUT2D eigenvalue weighted by atomic mass is 16.4. The molecule has 0 unspecified atom stereocenters. The van der Waals surface area contributed by atoms with E-state index in [1.54, 1.807) is 0 Å². The number of fused-ring (bicyclic) bond motifs is 13. The molecule has 0 saturated heterocycles. The van der Waals surface area contributed by atoms with Gasteiger partial charge in [0.05, 0.1) is 11.1 Å². The van der Waals surface area contributed by atoms with Crippen molar-refractivity contribution >= 4 is 27.8 Å². The van der Waals surface area contributed by atoms with Crippen LogP contribution in [0.4, 0.5) is 17.1 Å². The summed E-state index contributed by atoms with van der Waals surface area (Å²) in [6, 6.07) is 66.1. The van der Waals surface area contributed by atoms with Gasteiger partial charge >= 0.3 is 0 Å². The summed E-state index contributed by atoms with van der Waals surface area (Å²) in [7, 11) is 0. The summed E-state index contributed by atoms with van der Waals surface area (Å²) in [5.74, 6) is 1.49. The van der Waals surface area contributed by atoms with Crippen LogP contribution in [-0.4, -0.2) is 4.98 Å². The zero-order valence-corrected chi connectivity index (χ0v) is 28.6. The van der Waals surface area contributed by atoms with Crippen LogP contribution in [0.1, 0.15) is 22.3 Å². The number of hydrogen-bond acceptors (Lipinski definition) is 3. The van der Waals surface area contributed by atoms with E-state index in [0.717, 1.165) is 50.6 Å². The molecule has 3 nitrogen and oxygen atoms in total. The molecular weight excluding hydrogens is 645 g/mol. The third kappa shape index (κ3) is 3.70. The molecule has 0 saturated carbocycles. The second-order valence-corrected chi connectivity index (χ2v) is 14.2. The second-order valence-electron chi connectivity index (χ2n) is 14.2. The quantitative estimate of drug-likeness (QED) is 0.186. The fraction of sp³-hybridized carbons (Fsp3) is 0.0200. The van der Waals surface area contributed by atoms with Crippen LogP contribution in [0.2, 0.25) is 0 Å². The second kappa shape index (κ2) is 10.5. The van der Waals surface area contributed by atoms with Crippen LogP contribution in [0.25, 0.3) is 67.1 Å². The third-order valence-electron chi connectivity index (χ3n) is 11.7. The number of nitrogens with zero attached hydrogens (tertiary/aromatic N) is 2. The molecule has 0 aliphatic heterocycles. The van der Waals surface area contributed by atoms with Crippen molar-refractivity contribution in [2.45, 2.75) is 5.41 Å². The smallest absolute Gasteiger partial charge is 0.227 e. The highest BCUT2D eigenvalue weighted by molar-refractivity contribution is 6.17. The first-order valence-corrected chi connectivity index (χ1v) is 18.2. The summed E-state index contributed by atoms with van der Waals surface area (Å²) in [5, 5.41) is 2.34. The van der Waals surface area contributed by atoms with Crippen LogP contribution >= 0.6 is 0 Å². The largest absolute Gasteiger partial charge is 0.435 e. The zero-order valence-electron chi connectivity index (χ0n) is 28.6. The fourth-order valence-corrected chi connectivity index (χ4v) is 9.59. The van der Waals surface area contributed by atoms with E-state index in [2.05, 4.69) is 157 Å². The molecule has 12 rings (SSSR count). The first-order chi connectivity index (χ1) is 26.3. The van der Waals surface area contributed by atoms with Gasteiger partial charge in [0.2, 0.25) is 5.89 Å². The molecule has 3 aliphatic rings. The van der Waals surface area contributed by atoms with Gasteiger partial charge in [0.25, 0.3) is 0 Å². The van der Waals surface area contributed by atoms with Crippen LogP contribution in [0.15, 0.2) is 186 Å². The molecular formula is C50H30N2O. The molecule has 1 aromatic heterocycles. The molecule has 0 atom stereocenters. The van der Waals surface area contributed by atoms with Gasteiger partial charge in [-0.05, 0) is 93.0 Å². The van der Waals surface area contributed by atoms with Crippen LogP contribution < -0.4 is 4.90 Å². The average Bonchev–Trinajstić information content (AvgIpc) is 3.96. The summed E-state index contributed by atoms with van der Waals surface area (Å²) < 4.78 is 6.52. The van der Waals surface area contributed by atoms with Gasteiger partial charge < -0.3 is 9.32 Å². The van der Waals surface area contributed by atoms with Crippen molar-refractivity contribution in [3.8, 4) is 56.3 Å². The molecule has 1 spiro atoms. The van der Waals surface area contributed by atoms with E-state index in [0.29, 0.717) is 5.89 Å². The van der Waals surface area contributed by atoms with Crippen molar-refractivity contribution < 1.29 is 4.42 Å². The summed E-state index contributed by atoms with van der Waals surface area (Å²) in [6.45, 7) is 0. The summed E-state index contributed by atoms with van der Waals surface area (Å²) in [4.78, 5) is 7.47. The molecule has 0 bridgehead atoms. The van der Waals surface area contributed by atoms with Crippen molar-refractivity contribution in [1.82, 2.24) is 4.98 Å². The highest BCUT2D eigenvalue weighted by Gasteiger charge is 2.51. The summed E-state index contributed by atoms with van der Waals surface area (Å²) >= 11 is 0.